The van der Waals surface area contributed by atoms with E-state index >= 15 is 0 Å². The molecule has 15 heavy (non-hydrogen) atoms. The third kappa shape index (κ3) is 6.13. The van der Waals surface area contributed by atoms with Crippen molar-refractivity contribution in [3.63, 3.8) is 0 Å². The molecule has 0 heterocycles. The molecule has 1 aliphatic rings. The number of hydrogen-bond donors (Lipinski definition) is 2. The molecule has 0 unspecified atom stereocenters. The first-order valence-electron chi connectivity index (χ1n) is 6.22. The van der Waals surface area contributed by atoms with Crippen molar-refractivity contribution in [1.82, 2.24) is 10.2 Å². The van der Waals surface area contributed by atoms with Crippen molar-refractivity contribution in [3.05, 3.63) is 0 Å². The Morgan fingerprint density at radius 2 is 1.87 bits per heavy atom. The van der Waals surface area contributed by atoms with Crippen LogP contribution in [0.4, 0.5) is 0 Å². The number of nitrogens with zero attached hydrogens (tertiary/aromatic N) is 1. The Labute approximate surface area is 93.9 Å². The molecule has 1 aliphatic carbocycles. The Balaban J connectivity index is 1.91. The largest absolute Gasteiger partial charge is 0.393 e. The zero-order valence-corrected chi connectivity index (χ0v) is 10.2. The Hall–Kier alpha value is -0.120. The van der Waals surface area contributed by atoms with Crippen molar-refractivity contribution < 1.29 is 5.11 Å². The molecule has 2 N–H and O–H groups in total. The van der Waals surface area contributed by atoms with Crippen molar-refractivity contribution in [3.8, 4) is 0 Å². The number of rotatable bonds is 6. The molecule has 0 bridgehead atoms. The maximum atomic E-state index is 9.37. The first-order valence-corrected chi connectivity index (χ1v) is 6.22. The second-order valence-corrected chi connectivity index (χ2v) is 5.04. The Bertz CT molecular complexity index is 154. The summed E-state index contributed by atoms with van der Waals surface area (Å²) in [7, 11) is 4.23. The van der Waals surface area contributed by atoms with Gasteiger partial charge in [0.15, 0.2) is 0 Å². The SMILES string of the molecule is CN(C)CCCNCC1CCC(O)CC1. The molecule has 0 atom stereocenters. The lowest BCUT2D eigenvalue weighted by atomic mass is 9.87. The van der Waals surface area contributed by atoms with Crippen LogP contribution in [-0.4, -0.2) is 49.8 Å². The lowest BCUT2D eigenvalue weighted by molar-refractivity contribution is 0.108. The van der Waals surface area contributed by atoms with Crippen molar-refractivity contribution >= 4 is 0 Å². The minimum Gasteiger partial charge on any atom is -0.393 e. The predicted molar refractivity (Wildman–Crippen MR) is 64.0 cm³/mol. The van der Waals surface area contributed by atoms with E-state index < -0.39 is 0 Å². The quantitative estimate of drug-likeness (QED) is 0.650. The lowest BCUT2D eigenvalue weighted by Gasteiger charge is -2.25. The van der Waals surface area contributed by atoms with Gasteiger partial charge in [-0.25, -0.2) is 0 Å². The highest BCUT2D eigenvalue weighted by Crippen LogP contribution is 2.23. The van der Waals surface area contributed by atoms with Gasteiger partial charge in [-0.3, -0.25) is 0 Å². The van der Waals surface area contributed by atoms with E-state index in [0.717, 1.165) is 38.4 Å². The highest BCUT2D eigenvalue weighted by atomic mass is 16.3. The first kappa shape index (κ1) is 12.9. The number of aliphatic hydroxyl groups excluding tert-OH is 1. The van der Waals surface area contributed by atoms with E-state index in [2.05, 4.69) is 24.3 Å². The molecule has 0 saturated heterocycles. The van der Waals surface area contributed by atoms with Crippen LogP contribution in [0.5, 0.6) is 0 Å². The molecule has 0 radical (unpaired) electrons. The van der Waals surface area contributed by atoms with E-state index in [9.17, 15) is 5.11 Å². The molecule has 0 aromatic carbocycles. The van der Waals surface area contributed by atoms with Crippen LogP contribution in [0.15, 0.2) is 0 Å². The Morgan fingerprint density at radius 1 is 1.20 bits per heavy atom. The molecular formula is C12H26N2O. The summed E-state index contributed by atoms with van der Waals surface area (Å²) < 4.78 is 0. The normalized spacial score (nSPS) is 27.2. The molecule has 0 aromatic heterocycles. The summed E-state index contributed by atoms with van der Waals surface area (Å²) in [6.45, 7) is 3.42. The van der Waals surface area contributed by atoms with Crippen LogP contribution in [0, 0.1) is 5.92 Å². The van der Waals surface area contributed by atoms with E-state index in [4.69, 9.17) is 0 Å². The van der Waals surface area contributed by atoms with E-state index in [1.807, 2.05) is 0 Å². The van der Waals surface area contributed by atoms with Crippen molar-refractivity contribution in [1.29, 1.82) is 0 Å². The predicted octanol–water partition coefficient (Wildman–Crippen LogP) is 1.08. The zero-order valence-electron chi connectivity index (χ0n) is 10.2. The molecule has 0 amide bonds. The van der Waals surface area contributed by atoms with Gasteiger partial charge in [0.1, 0.15) is 0 Å². The van der Waals surface area contributed by atoms with Crippen LogP contribution in [-0.2, 0) is 0 Å². The van der Waals surface area contributed by atoms with Gasteiger partial charge < -0.3 is 15.3 Å². The monoisotopic (exact) mass is 214 g/mol. The van der Waals surface area contributed by atoms with E-state index in [-0.39, 0.29) is 6.10 Å². The van der Waals surface area contributed by atoms with Gasteiger partial charge in [0.25, 0.3) is 0 Å². The molecule has 0 spiro atoms. The van der Waals surface area contributed by atoms with E-state index in [0.29, 0.717) is 0 Å². The maximum absolute atomic E-state index is 9.37. The van der Waals surface area contributed by atoms with Gasteiger partial charge in [0.05, 0.1) is 6.10 Å². The van der Waals surface area contributed by atoms with Gasteiger partial charge in [0, 0.05) is 0 Å². The fourth-order valence-corrected chi connectivity index (χ4v) is 2.18. The minimum atomic E-state index is -0.0185. The molecule has 1 saturated carbocycles. The van der Waals surface area contributed by atoms with Gasteiger partial charge in [0.2, 0.25) is 0 Å². The Kier molecular flexibility index (Phi) is 6.22. The molecule has 1 fully saturated rings. The van der Waals surface area contributed by atoms with Crippen molar-refractivity contribution in [2.24, 2.45) is 5.92 Å². The third-order valence-electron chi connectivity index (χ3n) is 3.21. The van der Waals surface area contributed by atoms with Gasteiger partial charge in [-0.15, -0.1) is 0 Å². The Morgan fingerprint density at radius 3 is 2.47 bits per heavy atom. The van der Waals surface area contributed by atoms with Crippen molar-refractivity contribution in [2.75, 3.05) is 33.7 Å². The maximum Gasteiger partial charge on any atom is 0.0540 e. The second kappa shape index (κ2) is 7.20. The average molecular weight is 214 g/mol. The third-order valence-corrected chi connectivity index (χ3v) is 3.21. The smallest absolute Gasteiger partial charge is 0.0540 e. The summed E-state index contributed by atoms with van der Waals surface area (Å²) in [6, 6.07) is 0. The number of nitrogens with one attached hydrogen (secondary N) is 1. The average Bonchev–Trinajstić information content (AvgIpc) is 2.20. The first-order chi connectivity index (χ1) is 7.18. The summed E-state index contributed by atoms with van der Waals surface area (Å²) >= 11 is 0. The van der Waals surface area contributed by atoms with Gasteiger partial charge >= 0.3 is 0 Å². The minimum absolute atomic E-state index is 0.0185. The van der Waals surface area contributed by atoms with Gasteiger partial charge in [-0.1, -0.05) is 0 Å². The second-order valence-electron chi connectivity index (χ2n) is 5.04. The highest BCUT2D eigenvalue weighted by molar-refractivity contribution is 4.73. The molecule has 1 rings (SSSR count). The summed E-state index contributed by atoms with van der Waals surface area (Å²) in [6.07, 6.45) is 5.61. The number of hydrogen-bond acceptors (Lipinski definition) is 3. The van der Waals surface area contributed by atoms with Crippen LogP contribution in [0.3, 0.4) is 0 Å². The molecular weight excluding hydrogens is 188 g/mol. The summed E-state index contributed by atoms with van der Waals surface area (Å²) in [5.74, 6) is 0.799. The number of aliphatic hydroxyl groups is 1. The highest BCUT2D eigenvalue weighted by Gasteiger charge is 2.18. The lowest BCUT2D eigenvalue weighted by Crippen LogP contribution is -2.29. The van der Waals surface area contributed by atoms with Crippen LogP contribution < -0.4 is 5.32 Å². The molecule has 0 aliphatic heterocycles. The molecule has 0 aromatic rings. The van der Waals surface area contributed by atoms with E-state index in [1.54, 1.807) is 0 Å². The van der Waals surface area contributed by atoms with Crippen molar-refractivity contribution in [2.45, 2.75) is 38.2 Å². The summed E-state index contributed by atoms with van der Waals surface area (Å²) in [5, 5.41) is 12.9. The fourth-order valence-electron chi connectivity index (χ4n) is 2.18. The zero-order chi connectivity index (χ0) is 11.1. The molecule has 90 valence electrons. The van der Waals surface area contributed by atoms with Crippen LogP contribution in [0.1, 0.15) is 32.1 Å². The van der Waals surface area contributed by atoms with E-state index in [1.165, 1.54) is 19.3 Å². The van der Waals surface area contributed by atoms with Crippen LogP contribution >= 0.6 is 0 Å². The topological polar surface area (TPSA) is 35.5 Å². The standard InChI is InChI=1S/C12H26N2O/c1-14(2)9-3-8-13-10-11-4-6-12(15)7-5-11/h11-13,15H,3-10H2,1-2H3. The summed E-state index contributed by atoms with van der Waals surface area (Å²) in [5.41, 5.74) is 0. The molecule has 3 heteroatoms. The summed E-state index contributed by atoms with van der Waals surface area (Å²) in [4.78, 5) is 2.22. The van der Waals surface area contributed by atoms with Crippen LogP contribution in [0.2, 0.25) is 0 Å². The fraction of sp³-hybridized carbons (Fsp3) is 1.00. The van der Waals surface area contributed by atoms with Crippen LogP contribution in [0.25, 0.3) is 0 Å². The molecule has 3 nitrogen and oxygen atoms in total. The van der Waals surface area contributed by atoms with Gasteiger partial charge in [-0.05, 0) is 71.8 Å². The van der Waals surface area contributed by atoms with Gasteiger partial charge in [-0.2, -0.15) is 0 Å².